The van der Waals surface area contributed by atoms with Gasteiger partial charge in [0.2, 0.25) is 10.0 Å². The predicted octanol–water partition coefficient (Wildman–Crippen LogP) is 12.9. The van der Waals surface area contributed by atoms with Crippen molar-refractivity contribution in [1.29, 1.82) is 0 Å². The van der Waals surface area contributed by atoms with Crippen LogP contribution in [0, 0.1) is 11.8 Å². The number of aromatic nitrogens is 2. The van der Waals surface area contributed by atoms with Crippen molar-refractivity contribution in [3.8, 4) is 22.3 Å². The Kier molecular flexibility index (Phi) is 16.7. The first-order valence-electron chi connectivity index (χ1n) is 29.4. The Morgan fingerprint density at radius 3 is 1.72 bits per heavy atom. The summed E-state index contributed by atoms with van der Waals surface area (Å²) >= 11 is 0. The van der Waals surface area contributed by atoms with Crippen LogP contribution in [0.15, 0.2) is 53.4 Å². The molecule has 9 rings (SSSR count). The fraction of sp³-hybridized carbons (Fsp3) is 0.656. The fourth-order valence-corrected chi connectivity index (χ4v) is 15.0. The number of carbonyl (C=O) groups is 2. The molecule has 2 aliphatic heterocycles. The number of sulfonamides is 1. The number of rotatable bonds is 16. The van der Waals surface area contributed by atoms with Crippen molar-refractivity contribution in [1.82, 2.24) is 24.5 Å². The van der Waals surface area contributed by atoms with Crippen molar-refractivity contribution in [3.05, 3.63) is 88.0 Å². The lowest BCUT2D eigenvalue weighted by molar-refractivity contribution is -0.0126. The van der Waals surface area contributed by atoms with Crippen molar-refractivity contribution in [2.45, 2.75) is 229 Å². The maximum atomic E-state index is 14.8. The molecule has 0 spiro atoms. The predicted molar refractivity (Wildman–Crippen MR) is 307 cm³/mol. The number of carbonyl (C=O) groups excluding carboxylic acids is 2. The molecule has 11 nitrogen and oxygen atoms in total. The minimum Gasteiger partial charge on any atom is -0.381 e. The smallest absolute Gasteiger partial charge is 0.268 e. The number of ether oxygens (including phenoxy) is 2. The zero-order valence-corrected chi connectivity index (χ0v) is 49.1. The molecule has 2 aromatic heterocycles. The Labute approximate surface area is 456 Å². The summed E-state index contributed by atoms with van der Waals surface area (Å²) in [4.78, 5) is 28.8. The van der Waals surface area contributed by atoms with Gasteiger partial charge in [-0.15, -0.1) is 0 Å². The van der Waals surface area contributed by atoms with E-state index in [4.69, 9.17) is 9.47 Å². The van der Waals surface area contributed by atoms with E-state index in [0.29, 0.717) is 62.3 Å². The van der Waals surface area contributed by atoms with E-state index >= 15 is 0 Å². The van der Waals surface area contributed by atoms with Crippen LogP contribution in [0.1, 0.15) is 221 Å². The molecule has 0 radical (unpaired) electrons. The van der Waals surface area contributed by atoms with E-state index in [1.807, 2.05) is 39.1 Å². The minimum absolute atomic E-state index is 0.0114. The second-order valence-electron chi connectivity index (χ2n) is 27.1. The van der Waals surface area contributed by atoms with Crippen LogP contribution >= 0.6 is 0 Å². The average Bonchev–Trinajstić information content (AvgIpc) is 3.97. The largest absolute Gasteiger partial charge is 0.381 e. The maximum Gasteiger partial charge on any atom is 0.268 e. The van der Waals surface area contributed by atoms with E-state index in [1.165, 1.54) is 105 Å². The number of hydrogen-bond donors (Lipinski definition) is 3. The number of amides is 2. The molecular formula is C64H93N5O6S. The van der Waals surface area contributed by atoms with Crippen molar-refractivity contribution in [2.24, 2.45) is 25.9 Å². The minimum atomic E-state index is -4.03. The monoisotopic (exact) mass is 1060 g/mol. The van der Waals surface area contributed by atoms with Gasteiger partial charge in [0.1, 0.15) is 11.4 Å². The molecule has 2 atom stereocenters. The van der Waals surface area contributed by atoms with Crippen LogP contribution in [-0.2, 0) is 62.7 Å². The Bertz CT molecular complexity index is 2810. The molecular weight excluding hydrogens is 967 g/mol. The lowest BCUT2D eigenvalue weighted by Gasteiger charge is -2.36. The van der Waals surface area contributed by atoms with Gasteiger partial charge < -0.3 is 29.2 Å². The third-order valence-corrected chi connectivity index (χ3v) is 20.0. The van der Waals surface area contributed by atoms with Crippen LogP contribution in [-0.4, -0.2) is 72.9 Å². The molecule has 3 saturated carbocycles. The molecule has 5 fully saturated rings. The maximum absolute atomic E-state index is 14.8. The summed E-state index contributed by atoms with van der Waals surface area (Å²) in [5, 5.41) is 6.72. The molecule has 0 bridgehead atoms. The van der Waals surface area contributed by atoms with Gasteiger partial charge in [-0.05, 0) is 152 Å². The van der Waals surface area contributed by atoms with E-state index in [-0.39, 0.29) is 45.7 Å². The first-order chi connectivity index (χ1) is 35.9. The second kappa shape index (κ2) is 22.5. The summed E-state index contributed by atoms with van der Waals surface area (Å²) in [5.41, 5.74) is 10.2. The van der Waals surface area contributed by atoms with Crippen molar-refractivity contribution in [2.75, 3.05) is 19.8 Å². The van der Waals surface area contributed by atoms with E-state index in [0.717, 1.165) is 48.1 Å². The first kappa shape index (κ1) is 56.5. The Morgan fingerprint density at radius 1 is 0.645 bits per heavy atom. The van der Waals surface area contributed by atoms with Gasteiger partial charge >= 0.3 is 0 Å². The molecule has 4 heterocycles. The van der Waals surface area contributed by atoms with E-state index in [1.54, 1.807) is 6.07 Å². The molecule has 2 aromatic carbocycles. The van der Waals surface area contributed by atoms with Crippen molar-refractivity contribution < 1.29 is 27.5 Å². The molecule has 5 aliphatic rings. The SMILES string of the molecule is Cn1c(C(=O)NC2CCOCC2)cc(-c2ccc(S(=O)(=O)NC(C)(C)CC3CC(NC(=O)c4cc(-c5cc(C(C)(C)C)cc(C6(C)CC6)c5)c(CC5CCCCC5)n4C)CCO3)c(C(C)(C)C)c2)c1CC1CCCCC1. The number of nitrogens with zero attached hydrogens (tertiary/aromatic N) is 2. The highest BCUT2D eigenvalue weighted by atomic mass is 32.2. The Hall–Kier alpha value is -4.23. The molecule has 2 saturated heterocycles. The van der Waals surface area contributed by atoms with E-state index in [9.17, 15) is 18.0 Å². The number of nitrogens with one attached hydrogen (secondary N) is 3. The second-order valence-corrected chi connectivity index (χ2v) is 28.8. The lowest BCUT2D eigenvalue weighted by Crippen LogP contribution is -2.49. The topological polar surface area (TPSA) is 133 Å². The Morgan fingerprint density at radius 2 is 1.18 bits per heavy atom. The average molecular weight is 1060 g/mol. The van der Waals surface area contributed by atoms with Gasteiger partial charge in [0.25, 0.3) is 11.8 Å². The fourth-order valence-electron chi connectivity index (χ4n) is 13.1. The third kappa shape index (κ3) is 13.1. The quantitative estimate of drug-likeness (QED) is 0.102. The third-order valence-electron chi connectivity index (χ3n) is 18.2. The van der Waals surface area contributed by atoms with Gasteiger partial charge in [0.05, 0.1) is 11.0 Å². The lowest BCUT2D eigenvalue weighted by atomic mass is 9.81. The molecule has 3 N–H and O–H groups in total. The van der Waals surface area contributed by atoms with Gasteiger partial charge in [-0.3, -0.25) is 9.59 Å². The van der Waals surface area contributed by atoms with Crippen LogP contribution in [0.5, 0.6) is 0 Å². The summed E-state index contributed by atoms with van der Waals surface area (Å²) in [7, 11) is 0.0537. The van der Waals surface area contributed by atoms with Crippen LogP contribution in [0.2, 0.25) is 0 Å². The van der Waals surface area contributed by atoms with Gasteiger partial charge in [-0.25, -0.2) is 13.1 Å². The summed E-state index contributed by atoms with van der Waals surface area (Å²) in [6, 6.07) is 17.1. The zero-order valence-electron chi connectivity index (χ0n) is 48.3. The van der Waals surface area contributed by atoms with Gasteiger partial charge in [0.15, 0.2) is 0 Å². The van der Waals surface area contributed by atoms with Crippen LogP contribution in [0.4, 0.5) is 0 Å². The summed E-state index contributed by atoms with van der Waals surface area (Å²) in [5.74, 6) is 0.985. The molecule has 76 heavy (non-hydrogen) atoms. The molecule has 4 aromatic rings. The highest BCUT2D eigenvalue weighted by Crippen LogP contribution is 2.50. The van der Waals surface area contributed by atoms with E-state index in [2.05, 4.69) is 104 Å². The van der Waals surface area contributed by atoms with Crippen LogP contribution in [0.25, 0.3) is 22.3 Å². The van der Waals surface area contributed by atoms with Crippen molar-refractivity contribution >= 4 is 21.8 Å². The summed E-state index contributed by atoms with van der Waals surface area (Å²) < 4.78 is 48.9. The van der Waals surface area contributed by atoms with Crippen LogP contribution < -0.4 is 15.4 Å². The number of hydrogen-bond acceptors (Lipinski definition) is 6. The highest BCUT2D eigenvalue weighted by molar-refractivity contribution is 7.89. The highest BCUT2D eigenvalue weighted by Gasteiger charge is 2.41. The van der Waals surface area contributed by atoms with Gasteiger partial charge in [0, 0.05) is 74.1 Å². The van der Waals surface area contributed by atoms with E-state index < -0.39 is 21.0 Å². The molecule has 416 valence electrons. The molecule has 2 unspecified atom stereocenters. The standard InChI is InChI=1S/C64H93N5O6S/c1-61(2,3)46-34-45(35-47(37-46)64(9)27-28-64)52-40-57(69(11)55(52)33-43-20-16-13-17-21-43)60(71)66-49-26-31-75-50(38-49)41-63(7,8)67-76(72,73)58-23-22-44(36-53(58)62(4,5)6)51-39-56(59(70)65-48-24-29-74-30-25-48)68(10)54(51)32-42-18-14-12-15-19-42/h22-23,34-37,39-40,42-43,48-50,67H,12-21,24-33,38,41H2,1-11H3,(H,65,70)(H,66,71). The normalized spacial score (nSPS) is 21.4. The number of benzene rings is 2. The molecule has 2 amide bonds. The zero-order chi connectivity index (χ0) is 54.4. The first-order valence-corrected chi connectivity index (χ1v) is 30.9. The summed E-state index contributed by atoms with van der Waals surface area (Å²) in [6.45, 7) is 21.1. The molecule has 3 aliphatic carbocycles. The van der Waals surface area contributed by atoms with Gasteiger partial charge in [-0.2, -0.15) is 0 Å². The van der Waals surface area contributed by atoms with Crippen molar-refractivity contribution in [3.63, 3.8) is 0 Å². The Balaban J connectivity index is 0.922. The summed E-state index contributed by atoms with van der Waals surface area (Å²) in [6.07, 6.45) is 19.6. The van der Waals surface area contributed by atoms with Crippen LogP contribution in [0.3, 0.4) is 0 Å². The molecule has 12 heteroatoms. The van der Waals surface area contributed by atoms with Gasteiger partial charge in [-0.1, -0.05) is 137 Å².